The topological polar surface area (TPSA) is 75.3 Å². The van der Waals surface area contributed by atoms with Crippen molar-refractivity contribution in [3.8, 4) is 5.75 Å². The van der Waals surface area contributed by atoms with Crippen molar-refractivity contribution < 1.29 is 9.90 Å². The highest BCUT2D eigenvalue weighted by Crippen LogP contribution is 2.18. The van der Waals surface area contributed by atoms with Crippen LogP contribution in [-0.4, -0.2) is 17.4 Å². The smallest absolute Gasteiger partial charge is 0.161 e. The van der Waals surface area contributed by atoms with Gasteiger partial charge in [-0.2, -0.15) is 0 Å². The standard InChI is InChI=1S/C16H18N2O2/c1-11(19)15-10-13(4-7-16(15)17)18-9-8-12-2-5-14(20)6-3-12/h2-7,10,18,20H,8-9,17H2,1H3. The molecule has 0 saturated carbocycles. The van der Waals surface area contributed by atoms with Crippen LogP contribution in [0.3, 0.4) is 0 Å². The van der Waals surface area contributed by atoms with Crippen molar-refractivity contribution in [3.05, 3.63) is 53.6 Å². The van der Waals surface area contributed by atoms with Crippen molar-refractivity contribution in [2.24, 2.45) is 0 Å². The maximum atomic E-state index is 11.4. The Morgan fingerprint density at radius 3 is 2.55 bits per heavy atom. The number of nitrogens with one attached hydrogen (secondary N) is 1. The first-order valence-electron chi connectivity index (χ1n) is 6.48. The van der Waals surface area contributed by atoms with Crippen LogP contribution < -0.4 is 11.1 Å². The van der Waals surface area contributed by atoms with Gasteiger partial charge in [-0.15, -0.1) is 0 Å². The second-order valence-corrected chi connectivity index (χ2v) is 4.70. The molecular weight excluding hydrogens is 252 g/mol. The number of aromatic hydroxyl groups is 1. The van der Waals surface area contributed by atoms with Gasteiger partial charge in [0.05, 0.1) is 0 Å². The minimum Gasteiger partial charge on any atom is -0.508 e. The summed E-state index contributed by atoms with van der Waals surface area (Å²) >= 11 is 0. The molecule has 2 aromatic rings. The highest BCUT2D eigenvalue weighted by atomic mass is 16.3. The van der Waals surface area contributed by atoms with Crippen LogP contribution in [0, 0.1) is 0 Å². The zero-order valence-corrected chi connectivity index (χ0v) is 11.4. The first kappa shape index (κ1) is 13.9. The predicted octanol–water partition coefficient (Wildman–Crippen LogP) is 2.83. The van der Waals surface area contributed by atoms with E-state index in [9.17, 15) is 9.90 Å². The number of phenols is 1. The van der Waals surface area contributed by atoms with Crippen molar-refractivity contribution >= 4 is 17.2 Å². The average Bonchev–Trinajstić information content (AvgIpc) is 2.42. The number of benzene rings is 2. The molecule has 20 heavy (non-hydrogen) atoms. The van der Waals surface area contributed by atoms with Gasteiger partial charge in [0.2, 0.25) is 0 Å². The second-order valence-electron chi connectivity index (χ2n) is 4.70. The van der Waals surface area contributed by atoms with E-state index in [1.807, 2.05) is 18.2 Å². The van der Waals surface area contributed by atoms with E-state index < -0.39 is 0 Å². The lowest BCUT2D eigenvalue weighted by Gasteiger charge is -2.09. The zero-order valence-electron chi connectivity index (χ0n) is 11.4. The first-order chi connectivity index (χ1) is 9.56. The maximum absolute atomic E-state index is 11.4. The predicted molar refractivity (Wildman–Crippen MR) is 81.2 cm³/mol. The number of hydrogen-bond acceptors (Lipinski definition) is 4. The summed E-state index contributed by atoms with van der Waals surface area (Å²) in [5, 5.41) is 12.5. The summed E-state index contributed by atoms with van der Waals surface area (Å²) < 4.78 is 0. The van der Waals surface area contributed by atoms with E-state index in [4.69, 9.17) is 5.73 Å². The van der Waals surface area contributed by atoms with Crippen LogP contribution in [-0.2, 0) is 6.42 Å². The van der Waals surface area contributed by atoms with Gasteiger partial charge in [0.25, 0.3) is 0 Å². The Hall–Kier alpha value is -2.49. The molecule has 0 radical (unpaired) electrons. The van der Waals surface area contributed by atoms with Crippen LogP contribution in [0.4, 0.5) is 11.4 Å². The molecule has 0 unspecified atom stereocenters. The lowest BCUT2D eigenvalue weighted by molar-refractivity contribution is 0.101. The Morgan fingerprint density at radius 1 is 1.20 bits per heavy atom. The summed E-state index contributed by atoms with van der Waals surface area (Å²) in [7, 11) is 0. The monoisotopic (exact) mass is 270 g/mol. The van der Waals surface area contributed by atoms with Gasteiger partial charge >= 0.3 is 0 Å². The number of carbonyl (C=O) groups is 1. The Balaban J connectivity index is 1.96. The summed E-state index contributed by atoms with van der Waals surface area (Å²) in [4.78, 5) is 11.4. The number of nitrogens with two attached hydrogens (primary N) is 1. The Kier molecular flexibility index (Phi) is 4.25. The van der Waals surface area contributed by atoms with Crippen molar-refractivity contribution in [1.82, 2.24) is 0 Å². The summed E-state index contributed by atoms with van der Waals surface area (Å²) in [6, 6.07) is 12.5. The van der Waals surface area contributed by atoms with E-state index in [1.54, 1.807) is 24.3 Å². The summed E-state index contributed by atoms with van der Waals surface area (Å²) in [6.07, 6.45) is 0.833. The lowest BCUT2D eigenvalue weighted by Crippen LogP contribution is -2.07. The van der Waals surface area contributed by atoms with E-state index in [1.165, 1.54) is 6.92 Å². The Morgan fingerprint density at radius 2 is 1.90 bits per heavy atom. The number of anilines is 2. The van der Waals surface area contributed by atoms with E-state index >= 15 is 0 Å². The SMILES string of the molecule is CC(=O)c1cc(NCCc2ccc(O)cc2)ccc1N. The summed E-state index contributed by atoms with van der Waals surface area (Å²) in [5.74, 6) is 0.232. The molecular formula is C16H18N2O2. The fraction of sp³-hybridized carbons (Fsp3) is 0.188. The zero-order chi connectivity index (χ0) is 14.5. The molecule has 0 bridgehead atoms. The third-order valence-corrected chi connectivity index (χ3v) is 3.11. The highest BCUT2D eigenvalue weighted by Gasteiger charge is 2.05. The number of Topliss-reactive ketones (excluding diaryl/α,β-unsaturated/α-hetero) is 1. The third kappa shape index (κ3) is 3.51. The van der Waals surface area contributed by atoms with Crippen LogP contribution in [0.2, 0.25) is 0 Å². The molecule has 0 amide bonds. The molecule has 0 heterocycles. The molecule has 0 aliphatic carbocycles. The molecule has 0 aliphatic rings. The van der Waals surface area contributed by atoms with Crippen molar-refractivity contribution in [1.29, 1.82) is 0 Å². The highest BCUT2D eigenvalue weighted by molar-refractivity contribution is 6.00. The molecule has 4 heteroatoms. The fourth-order valence-electron chi connectivity index (χ4n) is 1.98. The molecule has 104 valence electrons. The van der Waals surface area contributed by atoms with Crippen LogP contribution >= 0.6 is 0 Å². The molecule has 0 aromatic heterocycles. The fourth-order valence-corrected chi connectivity index (χ4v) is 1.98. The average molecular weight is 270 g/mol. The molecule has 0 atom stereocenters. The number of rotatable bonds is 5. The molecule has 2 rings (SSSR count). The van der Waals surface area contributed by atoms with Gasteiger partial charge in [-0.1, -0.05) is 12.1 Å². The number of hydrogen-bond donors (Lipinski definition) is 3. The molecule has 0 aliphatic heterocycles. The van der Waals surface area contributed by atoms with Gasteiger partial charge < -0.3 is 16.2 Å². The Bertz CT molecular complexity index is 606. The maximum Gasteiger partial charge on any atom is 0.161 e. The van der Waals surface area contributed by atoms with E-state index in [0.717, 1.165) is 24.2 Å². The molecule has 4 nitrogen and oxygen atoms in total. The third-order valence-electron chi connectivity index (χ3n) is 3.11. The van der Waals surface area contributed by atoms with Crippen LogP contribution in [0.1, 0.15) is 22.8 Å². The van der Waals surface area contributed by atoms with E-state index in [-0.39, 0.29) is 11.5 Å². The lowest BCUT2D eigenvalue weighted by atomic mass is 10.1. The summed E-state index contributed by atoms with van der Waals surface area (Å²) in [5.41, 5.74) is 8.81. The van der Waals surface area contributed by atoms with Gasteiger partial charge in [0.15, 0.2) is 5.78 Å². The number of phenolic OH excluding ortho intramolecular Hbond substituents is 1. The van der Waals surface area contributed by atoms with Gasteiger partial charge in [-0.3, -0.25) is 4.79 Å². The van der Waals surface area contributed by atoms with Gasteiger partial charge in [-0.05, 0) is 49.2 Å². The van der Waals surface area contributed by atoms with Crippen LogP contribution in [0.25, 0.3) is 0 Å². The van der Waals surface area contributed by atoms with Crippen molar-refractivity contribution in [2.75, 3.05) is 17.6 Å². The second kappa shape index (κ2) is 6.10. The van der Waals surface area contributed by atoms with E-state index in [0.29, 0.717) is 11.3 Å². The van der Waals surface area contributed by atoms with Gasteiger partial charge in [0.1, 0.15) is 5.75 Å². The van der Waals surface area contributed by atoms with Crippen molar-refractivity contribution in [3.63, 3.8) is 0 Å². The molecule has 0 spiro atoms. The summed E-state index contributed by atoms with van der Waals surface area (Å²) in [6.45, 7) is 2.25. The van der Waals surface area contributed by atoms with Gasteiger partial charge in [-0.25, -0.2) is 0 Å². The normalized spacial score (nSPS) is 10.2. The molecule has 0 saturated heterocycles. The van der Waals surface area contributed by atoms with Gasteiger partial charge in [0, 0.05) is 23.5 Å². The van der Waals surface area contributed by atoms with Crippen molar-refractivity contribution in [2.45, 2.75) is 13.3 Å². The minimum absolute atomic E-state index is 0.0373. The quantitative estimate of drug-likeness (QED) is 0.577. The molecule has 0 fully saturated rings. The number of ketones is 1. The largest absolute Gasteiger partial charge is 0.508 e. The minimum atomic E-state index is -0.0373. The first-order valence-corrected chi connectivity index (χ1v) is 6.48. The molecule has 2 aromatic carbocycles. The van der Waals surface area contributed by atoms with Crippen LogP contribution in [0.5, 0.6) is 5.75 Å². The van der Waals surface area contributed by atoms with Crippen LogP contribution in [0.15, 0.2) is 42.5 Å². The Labute approximate surface area is 118 Å². The van der Waals surface area contributed by atoms with E-state index in [2.05, 4.69) is 5.32 Å². The number of carbonyl (C=O) groups excluding carboxylic acids is 1. The number of nitrogen functional groups attached to an aromatic ring is 1. The molecule has 4 N–H and O–H groups in total.